The first-order valence-electron chi connectivity index (χ1n) is 8.80. The smallest absolute Gasteiger partial charge is 0.121 e. The molecule has 0 saturated carbocycles. The van der Waals surface area contributed by atoms with Crippen LogP contribution in [0.1, 0.15) is 96.8 Å². The van der Waals surface area contributed by atoms with E-state index in [9.17, 15) is 0 Å². The molecule has 0 saturated heterocycles. The molecule has 0 aromatic heterocycles. The summed E-state index contributed by atoms with van der Waals surface area (Å²) >= 11 is 17.3. The van der Waals surface area contributed by atoms with E-state index in [0.717, 1.165) is 6.42 Å². The topological polar surface area (TPSA) is 0 Å². The van der Waals surface area contributed by atoms with Crippen molar-refractivity contribution in [2.75, 3.05) is 0 Å². The number of hydrogen-bond donors (Lipinski definition) is 0. The molecule has 0 N–H and O–H groups in total. The molecule has 0 nitrogen and oxygen atoms in total. The van der Waals surface area contributed by atoms with Crippen LogP contribution < -0.4 is 0 Å². The Kier molecular flexibility index (Phi) is 16.3. The van der Waals surface area contributed by atoms with E-state index < -0.39 is 6.00 Å². The lowest BCUT2D eigenvalue weighted by Gasteiger charge is -2.02. The second-order valence-electron chi connectivity index (χ2n) is 5.98. The van der Waals surface area contributed by atoms with Gasteiger partial charge < -0.3 is 0 Å². The highest BCUT2D eigenvalue weighted by atomic mass is 35.8. The minimum atomic E-state index is -2.53. The van der Waals surface area contributed by atoms with Crippen molar-refractivity contribution in [1.29, 1.82) is 0 Å². The Morgan fingerprint density at radius 2 is 1.00 bits per heavy atom. The third kappa shape index (κ3) is 20.8. The predicted molar refractivity (Wildman–Crippen MR) is 103 cm³/mol. The molecule has 0 amide bonds. The SMILES string of the molecule is CCCCCCCCCCCCCCC/C=C/[Si](Cl)(Cl)Cl. The van der Waals surface area contributed by atoms with Crippen molar-refractivity contribution >= 4 is 39.2 Å². The first-order chi connectivity index (χ1) is 10.1. The van der Waals surface area contributed by atoms with Crippen molar-refractivity contribution in [3.63, 3.8) is 0 Å². The fourth-order valence-electron chi connectivity index (χ4n) is 2.50. The lowest BCUT2D eigenvalue weighted by Crippen LogP contribution is -2.02. The minimum absolute atomic E-state index is 1.05. The molecule has 0 unspecified atom stereocenters. The van der Waals surface area contributed by atoms with Crippen LogP contribution in [0, 0.1) is 0 Å². The molecule has 4 heteroatoms. The number of hydrogen-bond acceptors (Lipinski definition) is 0. The van der Waals surface area contributed by atoms with Gasteiger partial charge in [0, 0.05) is 0 Å². The summed E-state index contributed by atoms with van der Waals surface area (Å²) in [7, 11) is 0. The predicted octanol–water partition coefficient (Wildman–Crippen LogP) is 8.22. The Morgan fingerprint density at radius 1 is 0.619 bits per heavy atom. The van der Waals surface area contributed by atoms with Gasteiger partial charge in [0.15, 0.2) is 0 Å². The zero-order valence-corrected chi connectivity index (χ0v) is 17.0. The van der Waals surface area contributed by atoms with Crippen LogP contribution in [0.3, 0.4) is 0 Å². The van der Waals surface area contributed by atoms with E-state index in [4.69, 9.17) is 33.2 Å². The van der Waals surface area contributed by atoms with Gasteiger partial charge in [0.05, 0.1) is 0 Å². The lowest BCUT2D eigenvalue weighted by molar-refractivity contribution is 0.540. The van der Waals surface area contributed by atoms with E-state index in [1.165, 1.54) is 83.5 Å². The summed E-state index contributed by atoms with van der Waals surface area (Å²) in [6.45, 7) is 2.28. The molecule has 0 aromatic rings. The van der Waals surface area contributed by atoms with Gasteiger partial charge in [-0.25, -0.2) is 0 Å². The second kappa shape index (κ2) is 15.7. The summed E-state index contributed by atoms with van der Waals surface area (Å²) in [5.41, 5.74) is 1.79. The standard InChI is InChI=1S/C17H33Cl3Si/c1-2-3-4-5-6-7-8-9-10-11-12-13-14-15-16-17-21(18,19)20/h16-17H,2-15H2,1H3/b17-16+. The summed E-state index contributed by atoms with van der Waals surface area (Å²) in [4.78, 5) is 0. The maximum Gasteiger partial charge on any atom is 0.365 e. The van der Waals surface area contributed by atoms with Gasteiger partial charge in [0.25, 0.3) is 0 Å². The van der Waals surface area contributed by atoms with Crippen LogP contribution in [-0.4, -0.2) is 6.00 Å². The molecule has 21 heavy (non-hydrogen) atoms. The Balaban J connectivity index is 3.08. The average Bonchev–Trinajstić information content (AvgIpc) is 2.42. The molecule has 0 bridgehead atoms. The van der Waals surface area contributed by atoms with Crippen LogP contribution in [0.2, 0.25) is 0 Å². The molecule has 0 aromatic carbocycles. The third-order valence-corrected chi connectivity index (χ3v) is 5.53. The van der Waals surface area contributed by atoms with E-state index in [-0.39, 0.29) is 0 Å². The van der Waals surface area contributed by atoms with Gasteiger partial charge in [0.2, 0.25) is 0 Å². The summed E-state index contributed by atoms with van der Waals surface area (Å²) in [5.74, 6) is 0. The molecule has 0 aliphatic rings. The van der Waals surface area contributed by atoms with Crippen molar-refractivity contribution in [1.82, 2.24) is 0 Å². The van der Waals surface area contributed by atoms with Crippen LogP contribution in [0.5, 0.6) is 0 Å². The summed E-state index contributed by atoms with van der Waals surface area (Å²) in [5, 5.41) is 0. The molecule has 0 fully saturated rings. The molecule has 126 valence electrons. The van der Waals surface area contributed by atoms with Crippen LogP contribution in [-0.2, 0) is 0 Å². The summed E-state index contributed by atoms with van der Waals surface area (Å²) in [6, 6.07) is -2.53. The maximum atomic E-state index is 5.77. The van der Waals surface area contributed by atoms with Gasteiger partial charge in [-0.1, -0.05) is 95.7 Å². The van der Waals surface area contributed by atoms with E-state index >= 15 is 0 Å². The highest BCUT2D eigenvalue weighted by Crippen LogP contribution is 2.21. The van der Waals surface area contributed by atoms with E-state index in [0.29, 0.717) is 0 Å². The summed E-state index contributed by atoms with van der Waals surface area (Å²) < 4.78 is 0. The van der Waals surface area contributed by atoms with E-state index in [1.807, 2.05) is 6.08 Å². The molecule has 0 rings (SSSR count). The molecule has 0 atom stereocenters. The maximum absolute atomic E-state index is 5.77. The van der Waals surface area contributed by atoms with Gasteiger partial charge >= 0.3 is 6.00 Å². The molecule has 0 aliphatic carbocycles. The monoisotopic (exact) mass is 370 g/mol. The first-order valence-corrected chi connectivity index (χ1v) is 13.9. The largest absolute Gasteiger partial charge is 0.365 e. The van der Waals surface area contributed by atoms with Crippen LogP contribution >= 0.6 is 33.2 Å². The van der Waals surface area contributed by atoms with Gasteiger partial charge in [-0.3, -0.25) is 0 Å². The molecule has 0 aliphatic heterocycles. The van der Waals surface area contributed by atoms with Gasteiger partial charge in [-0.05, 0) is 12.8 Å². The third-order valence-electron chi connectivity index (χ3n) is 3.78. The number of unbranched alkanes of at least 4 members (excludes halogenated alkanes) is 13. The van der Waals surface area contributed by atoms with E-state index in [1.54, 1.807) is 5.70 Å². The van der Waals surface area contributed by atoms with Gasteiger partial charge in [-0.2, -0.15) is 0 Å². The van der Waals surface area contributed by atoms with Gasteiger partial charge in [0.1, 0.15) is 0 Å². The molecule has 0 heterocycles. The van der Waals surface area contributed by atoms with Crippen molar-refractivity contribution in [3.05, 3.63) is 11.8 Å². The highest BCUT2D eigenvalue weighted by molar-refractivity contribution is 7.66. The van der Waals surface area contributed by atoms with Crippen molar-refractivity contribution in [3.8, 4) is 0 Å². The van der Waals surface area contributed by atoms with Crippen LogP contribution in [0.4, 0.5) is 0 Å². The Bertz CT molecular complexity index is 237. The Hall–Kier alpha value is 0.827. The Morgan fingerprint density at radius 3 is 1.38 bits per heavy atom. The second-order valence-corrected chi connectivity index (χ2v) is 14.5. The Labute approximate surface area is 147 Å². The van der Waals surface area contributed by atoms with Crippen LogP contribution in [0.15, 0.2) is 11.8 Å². The van der Waals surface area contributed by atoms with Crippen molar-refractivity contribution in [2.24, 2.45) is 0 Å². The summed E-state index contributed by atoms with van der Waals surface area (Å²) in [6.07, 6.45) is 21.2. The van der Waals surface area contributed by atoms with Gasteiger partial charge in [-0.15, -0.1) is 33.2 Å². The normalized spacial score (nSPS) is 12.4. The zero-order valence-electron chi connectivity index (χ0n) is 13.7. The lowest BCUT2D eigenvalue weighted by atomic mass is 10.0. The zero-order chi connectivity index (χ0) is 15.8. The number of rotatable bonds is 15. The molecule has 0 radical (unpaired) electrons. The fraction of sp³-hybridized carbons (Fsp3) is 0.882. The molecular formula is C17H33Cl3Si. The van der Waals surface area contributed by atoms with E-state index in [2.05, 4.69) is 6.92 Å². The van der Waals surface area contributed by atoms with Crippen molar-refractivity contribution < 1.29 is 0 Å². The highest BCUT2D eigenvalue weighted by Gasteiger charge is 2.19. The fourth-order valence-corrected chi connectivity index (χ4v) is 3.73. The first kappa shape index (κ1) is 21.8. The molecule has 0 spiro atoms. The van der Waals surface area contributed by atoms with Crippen molar-refractivity contribution in [2.45, 2.75) is 96.8 Å². The number of allylic oxidation sites excluding steroid dienone is 1. The van der Waals surface area contributed by atoms with Crippen LogP contribution in [0.25, 0.3) is 0 Å². The minimum Gasteiger partial charge on any atom is -0.121 e. The average molecular weight is 372 g/mol. The molecular weight excluding hydrogens is 339 g/mol. The number of halogens is 3. The quantitative estimate of drug-likeness (QED) is 0.154.